The van der Waals surface area contributed by atoms with Crippen molar-refractivity contribution in [1.82, 2.24) is 0 Å². The molecule has 0 aliphatic carbocycles. The van der Waals surface area contributed by atoms with E-state index >= 15 is 0 Å². The lowest BCUT2D eigenvalue weighted by Gasteiger charge is -2.19. The number of nitrogens with one attached hydrogen (secondary N) is 1. The van der Waals surface area contributed by atoms with Gasteiger partial charge in [-0.25, -0.2) is 0 Å². The van der Waals surface area contributed by atoms with Crippen LogP contribution in [0.5, 0.6) is 17.2 Å². The van der Waals surface area contributed by atoms with Crippen LogP contribution < -0.4 is 14.8 Å². The molecule has 3 aromatic carbocycles. The summed E-state index contributed by atoms with van der Waals surface area (Å²) in [5.41, 5.74) is 3.56. The van der Waals surface area contributed by atoms with Crippen molar-refractivity contribution in [3.05, 3.63) is 78.4 Å². The highest BCUT2D eigenvalue weighted by Crippen LogP contribution is 2.27. The standard InChI is InChI=1S/C25H28ClNO2/c1-25(2,3)19-5-7-20(8-6-19)27-21-9-11-23(12-10-21)29-24-15-13-22(14-16-24)28-18-4-17-26/h5-16,27H,4,17-18H2,1-3H3. The topological polar surface area (TPSA) is 30.5 Å². The average Bonchev–Trinajstić information content (AvgIpc) is 2.71. The highest BCUT2D eigenvalue weighted by Gasteiger charge is 2.12. The van der Waals surface area contributed by atoms with Gasteiger partial charge in [0.2, 0.25) is 0 Å². The second-order valence-electron chi connectivity index (χ2n) is 7.94. The fraction of sp³-hybridized carbons (Fsp3) is 0.280. The largest absolute Gasteiger partial charge is 0.494 e. The minimum absolute atomic E-state index is 0.159. The molecule has 0 spiro atoms. The Morgan fingerprint density at radius 2 is 1.21 bits per heavy atom. The molecule has 3 nitrogen and oxygen atoms in total. The molecular formula is C25H28ClNO2. The van der Waals surface area contributed by atoms with E-state index in [4.69, 9.17) is 21.1 Å². The summed E-state index contributed by atoms with van der Waals surface area (Å²) in [6.07, 6.45) is 0.834. The summed E-state index contributed by atoms with van der Waals surface area (Å²) in [6, 6.07) is 24.1. The van der Waals surface area contributed by atoms with Gasteiger partial charge in [0.1, 0.15) is 17.2 Å². The number of rotatable bonds is 8. The van der Waals surface area contributed by atoms with Crippen LogP contribution in [0.2, 0.25) is 0 Å². The van der Waals surface area contributed by atoms with Crippen molar-refractivity contribution in [2.45, 2.75) is 32.6 Å². The maximum absolute atomic E-state index is 5.91. The van der Waals surface area contributed by atoms with Crippen LogP contribution in [-0.2, 0) is 5.41 Å². The van der Waals surface area contributed by atoms with E-state index in [1.54, 1.807) is 0 Å². The summed E-state index contributed by atoms with van der Waals surface area (Å²) in [6.45, 7) is 7.28. The summed E-state index contributed by atoms with van der Waals surface area (Å²) in [7, 11) is 0. The molecule has 1 N–H and O–H groups in total. The van der Waals surface area contributed by atoms with Gasteiger partial charge in [0.05, 0.1) is 6.61 Å². The molecule has 0 unspecified atom stereocenters. The Morgan fingerprint density at radius 1 is 0.724 bits per heavy atom. The number of alkyl halides is 1. The zero-order valence-electron chi connectivity index (χ0n) is 17.2. The third-order valence-electron chi connectivity index (χ3n) is 4.50. The van der Waals surface area contributed by atoms with Crippen LogP contribution in [0.3, 0.4) is 0 Å². The van der Waals surface area contributed by atoms with Crippen LogP contribution in [0.4, 0.5) is 11.4 Å². The van der Waals surface area contributed by atoms with Gasteiger partial charge in [0, 0.05) is 17.3 Å². The van der Waals surface area contributed by atoms with Crippen molar-refractivity contribution in [3.63, 3.8) is 0 Å². The van der Waals surface area contributed by atoms with Crippen LogP contribution in [0.1, 0.15) is 32.8 Å². The minimum Gasteiger partial charge on any atom is -0.494 e. The molecule has 0 fully saturated rings. The molecule has 4 heteroatoms. The quantitative estimate of drug-likeness (QED) is 0.308. The van der Waals surface area contributed by atoms with Gasteiger partial charge in [0.15, 0.2) is 0 Å². The van der Waals surface area contributed by atoms with E-state index in [0.717, 1.165) is 35.0 Å². The zero-order valence-corrected chi connectivity index (χ0v) is 18.0. The fourth-order valence-electron chi connectivity index (χ4n) is 2.81. The van der Waals surface area contributed by atoms with Crippen LogP contribution in [0.15, 0.2) is 72.8 Å². The average molecular weight is 410 g/mol. The molecule has 0 heterocycles. The second kappa shape index (κ2) is 9.71. The first-order valence-electron chi connectivity index (χ1n) is 9.88. The van der Waals surface area contributed by atoms with Gasteiger partial charge in [-0.3, -0.25) is 0 Å². The Bertz CT molecular complexity index is 882. The maximum atomic E-state index is 5.91. The van der Waals surface area contributed by atoms with Crippen LogP contribution in [0, 0.1) is 0 Å². The summed E-state index contributed by atoms with van der Waals surface area (Å²) >= 11 is 5.66. The van der Waals surface area contributed by atoms with E-state index in [0.29, 0.717) is 12.5 Å². The van der Waals surface area contributed by atoms with Gasteiger partial charge < -0.3 is 14.8 Å². The fourth-order valence-corrected chi connectivity index (χ4v) is 2.92. The van der Waals surface area contributed by atoms with Gasteiger partial charge in [-0.2, -0.15) is 0 Å². The molecular weight excluding hydrogens is 382 g/mol. The number of anilines is 2. The van der Waals surface area contributed by atoms with Crippen LogP contribution in [0.25, 0.3) is 0 Å². The van der Waals surface area contributed by atoms with Crippen molar-refractivity contribution in [1.29, 1.82) is 0 Å². The maximum Gasteiger partial charge on any atom is 0.127 e. The predicted molar refractivity (Wildman–Crippen MR) is 122 cm³/mol. The highest BCUT2D eigenvalue weighted by molar-refractivity contribution is 6.17. The SMILES string of the molecule is CC(C)(C)c1ccc(Nc2ccc(Oc3ccc(OCCCCl)cc3)cc2)cc1. The van der Waals surface area contributed by atoms with Crippen molar-refractivity contribution in [2.24, 2.45) is 0 Å². The Morgan fingerprint density at radius 3 is 1.72 bits per heavy atom. The predicted octanol–water partition coefficient (Wildman–Crippen LogP) is 7.53. The smallest absolute Gasteiger partial charge is 0.127 e. The third-order valence-corrected chi connectivity index (χ3v) is 4.77. The van der Waals surface area contributed by atoms with Gasteiger partial charge in [-0.1, -0.05) is 32.9 Å². The molecule has 0 radical (unpaired) electrons. The molecule has 29 heavy (non-hydrogen) atoms. The Hall–Kier alpha value is -2.65. The molecule has 0 bridgehead atoms. The number of hydrogen-bond acceptors (Lipinski definition) is 3. The summed E-state index contributed by atoms with van der Waals surface area (Å²) < 4.78 is 11.5. The van der Waals surface area contributed by atoms with Crippen molar-refractivity contribution in [3.8, 4) is 17.2 Å². The molecule has 0 saturated heterocycles. The van der Waals surface area contributed by atoms with E-state index in [2.05, 4.69) is 50.4 Å². The molecule has 0 aromatic heterocycles. The van der Waals surface area contributed by atoms with Crippen molar-refractivity contribution in [2.75, 3.05) is 17.8 Å². The number of benzene rings is 3. The first kappa shape index (κ1) is 21.1. The van der Waals surface area contributed by atoms with Gasteiger partial charge in [0.25, 0.3) is 0 Å². The first-order valence-corrected chi connectivity index (χ1v) is 10.4. The van der Waals surface area contributed by atoms with Gasteiger partial charge in [-0.05, 0) is 78.1 Å². The lowest BCUT2D eigenvalue weighted by Crippen LogP contribution is -2.10. The second-order valence-corrected chi connectivity index (χ2v) is 8.32. The molecule has 0 amide bonds. The molecule has 3 aromatic rings. The summed E-state index contributed by atoms with van der Waals surface area (Å²) in [5.74, 6) is 2.98. The number of halogens is 1. The molecule has 0 aliphatic heterocycles. The third kappa shape index (κ3) is 6.43. The Labute approximate surface area is 178 Å². The van der Waals surface area contributed by atoms with Crippen molar-refractivity contribution >= 4 is 23.0 Å². The normalized spacial score (nSPS) is 11.2. The minimum atomic E-state index is 0.159. The lowest BCUT2D eigenvalue weighted by atomic mass is 9.87. The zero-order chi connectivity index (χ0) is 20.7. The van der Waals surface area contributed by atoms with Crippen LogP contribution in [-0.4, -0.2) is 12.5 Å². The van der Waals surface area contributed by atoms with Gasteiger partial charge in [-0.15, -0.1) is 11.6 Å². The van der Waals surface area contributed by atoms with Gasteiger partial charge >= 0.3 is 0 Å². The van der Waals surface area contributed by atoms with E-state index in [9.17, 15) is 0 Å². The molecule has 3 rings (SSSR count). The Kier molecular flexibility index (Phi) is 7.05. The highest BCUT2D eigenvalue weighted by atomic mass is 35.5. The van der Waals surface area contributed by atoms with E-state index in [-0.39, 0.29) is 5.41 Å². The number of hydrogen-bond donors (Lipinski definition) is 1. The molecule has 152 valence electrons. The summed E-state index contributed by atoms with van der Waals surface area (Å²) in [5, 5.41) is 3.42. The van der Waals surface area contributed by atoms with Crippen LogP contribution >= 0.6 is 11.6 Å². The summed E-state index contributed by atoms with van der Waals surface area (Å²) in [4.78, 5) is 0. The van der Waals surface area contributed by atoms with E-state index in [1.165, 1.54) is 5.56 Å². The lowest BCUT2D eigenvalue weighted by molar-refractivity contribution is 0.318. The van der Waals surface area contributed by atoms with Crippen molar-refractivity contribution < 1.29 is 9.47 Å². The monoisotopic (exact) mass is 409 g/mol. The number of ether oxygens (including phenoxy) is 2. The molecule has 0 saturated carbocycles. The van der Waals surface area contributed by atoms with E-state index in [1.807, 2.05) is 48.5 Å². The van der Waals surface area contributed by atoms with E-state index < -0.39 is 0 Å². The molecule has 0 atom stereocenters. The first-order chi connectivity index (χ1) is 13.9. The Balaban J connectivity index is 1.56. The molecule has 0 aliphatic rings.